The van der Waals surface area contributed by atoms with E-state index in [1.54, 1.807) is 24.1 Å². The summed E-state index contributed by atoms with van der Waals surface area (Å²) >= 11 is -1.32. The molecule has 0 aliphatic carbocycles. The Morgan fingerprint density at radius 2 is 1.93 bits per heavy atom. The van der Waals surface area contributed by atoms with Crippen LogP contribution in [0.15, 0.2) is 53.9 Å². The fourth-order valence-corrected chi connectivity index (χ4v) is 4.41. The Hall–Kier alpha value is -2.51. The first-order chi connectivity index (χ1) is 13.6. The van der Waals surface area contributed by atoms with Crippen molar-refractivity contribution < 1.29 is 9.29 Å². The van der Waals surface area contributed by atoms with Crippen LogP contribution in [0.5, 0.6) is 5.75 Å². The molecule has 1 atom stereocenters. The Kier molecular flexibility index (Phi) is 6.59. The number of hydrogen-bond acceptors (Lipinski definition) is 5. The summed E-state index contributed by atoms with van der Waals surface area (Å²) in [6, 6.07) is 11.8. The maximum Gasteiger partial charge on any atom is 0.329 e. The van der Waals surface area contributed by atoms with E-state index in [1.807, 2.05) is 37.3 Å². The zero-order valence-electron chi connectivity index (χ0n) is 16.8. The number of aromatic nitrogens is 3. The monoisotopic (exact) mass is 398 g/mol. The molecule has 0 aliphatic rings. The highest BCUT2D eigenvalue weighted by Crippen LogP contribution is 2.26. The minimum atomic E-state index is -1.32. The van der Waals surface area contributed by atoms with Crippen molar-refractivity contribution >= 4 is 16.9 Å². The molecule has 7 heteroatoms. The van der Waals surface area contributed by atoms with Gasteiger partial charge in [0.1, 0.15) is 17.3 Å². The van der Waals surface area contributed by atoms with Gasteiger partial charge in [0.2, 0.25) is 0 Å². The number of pyridine rings is 1. The molecule has 0 radical (unpaired) electrons. The van der Waals surface area contributed by atoms with E-state index in [0.717, 1.165) is 30.0 Å². The summed E-state index contributed by atoms with van der Waals surface area (Å²) in [7, 11) is 1.62. The molecule has 2 heterocycles. The van der Waals surface area contributed by atoms with E-state index in [1.165, 1.54) is 0 Å². The van der Waals surface area contributed by atoms with Gasteiger partial charge in [-0.1, -0.05) is 18.2 Å². The lowest BCUT2D eigenvalue weighted by atomic mass is 10.2. The molecule has 0 N–H and O–H groups in total. The van der Waals surface area contributed by atoms with Crippen LogP contribution in [0.2, 0.25) is 0 Å². The maximum absolute atomic E-state index is 13.2. The van der Waals surface area contributed by atoms with Gasteiger partial charge in [-0.25, -0.2) is 9.55 Å². The Balaban J connectivity index is 1.91. The quantitative estimate of drug-likeness (QED) is 0.541. The molecule has 0 fully saturated rings. The van der Waals surface area contributed by atoms with Gasteiger partial charge in [0.05, 0.1) is 13.3 Å². The van der Waals surface area contributed by atoms with Gasteiger partial charge in [0.15, 0.2) is 0 Å². The lowest BCUT2D eigenvalue weighted by molar-refractivity contribution is 0.413. The molecule has 0 aliphatic heterocycles. The number of nitrogens with zero attached hydrogens (tertiary/aromatic N) is 4. The lowest BCUT2D eigenvalue weighted by Crippen LogP contribution is -2.24. The van der Waals surface area contributed by atoms with Gasteiger partial charge in [0, 0.05) is 59.5 Å². The Morgan fingerprint density at radius 1 is 1.18 bits per heavy atom. The van der Waals surface area contributed by atoms with Crippen LogP contribution in [0, 0.1) is 6.92 Å². The number of anilines is 1. The fraction of sp³-hybridized carbons (Fsp3) is 0.333. The molecule has 0 amide bonds. The van der Waals surface area contributed by atoms with Gasteiger partial charge < -0.3 is 14.2 Å². The number of aryl methyl sites for hydroxylation is 1. The highest BCUT2D eigenvalue weighted by molar-refractivity contribution is 7.90. The second kappa shape index (κ2) is 9.12. The summed E-state index contributed by atoms with van der Waals surface area (Å²) in [5, 5.41) is 0.481. The van der Waals surface area contributed by atoms with Crippen molar-refractivity contribution in [2.24, 2.45) is 0 Å². The molecule has 0 spiro atoms. The third-order valence-corrected chi connectivity index (χ3v) is 5.87. The van der Waals surface area contributed by atoms with Crippen LogP contribution in [0.3, 0.4) is 0 Å². The van der Waals surface area contributed by atoms with Gasteiger partial charge in [-0.3, -0.25) is 0 Å². The van der Waals surface area contributed by atoms with Crippen LogP contribution < -0.4 is 9.64 Å². The number of rotatable bonds is 8. The van der Waals surface area contributed by atoms with E-state index in [2.05, 4.69) is 34.8 Å². The molecule has 0 saturated carbocycles. The van der Waals surface area contributed by atoms with Gasteiger partial charge in [-0.15, -0.1) is 0 Å². The number of imidazole rings is 1. The van der Waals surface area contributed by atoms with Crippen LogP contribution in [-0.4, -0.2) is 39.3 Å². The number of ether oxygens (including phenoxy) is 1. The predicted molar refractivity (Wildman–Crippen MR) is 113 cm³/mol. The molecule has 0 bridgehead atoms. The second-order valence-corrected chi connectivity index (χ2v) is 7.72. The molecular weight excluding hydrogens is 372 g/mol. The smallest absolute Gasteiger partial charge is 0.329 e. The molecule has 2 aromatic heterocycles. The zero-order valence-corrected chi connectivity index (χ0v) is 17.6. The van der Waals surface area contributed by atoms with Crippen LogP contribution >= 0.6 is 0 Å². The molecule has 3 rings (SSSR count). The fourth-order valence-electron chi connectivity index (χ4n) is 3.21. The highest BCUT2D eigenvalue weighted by atomic mass is 32.2. The molecule has 1 aromatic carbocycles. The summed E-state index contributed by atoms with van der Waals surface area (Å²) in [5.41, 5.74) is 3.00. The first-order valence-electron chi connectivity index (χ1n) is 9.35. The van der Waals surface area contributed by atoms with Crippen molar-refractivity contribution in [3.05, 3.63) is 60.0 Å². The van der Waals surface area contributed by atoms with Crippen LogP contribution in [0.4, 0.5) is 5.69 Å². The van der Waals surface area contributed by atoms with E-state index in [4.69, 9.17) is 4.74 Å². The van der Waals surface area contributed by atoms with Crippen molar-refractivity contribution in [3.8, 4) is 11.6 Å². The van der Waals surface area contributed by atoms with Gasteiger partial charge in [0.25, 0.3) is 0 Å². The van der Waals surface area contributed by atoms with E-state index in [0.29, 0.717) is 22.5 Å². The maximum atomic E-state index is 13.2. The number of benzene rings is 1. The van der Waals surface area contributed by atoms with Crippen molar-refractivity contribution in [3.63, 3.8) is 0 Å². The van der Waals surface area contributed by atoms with E-state index < -0.39 is 11.2 Å². The summed E-state index contributed by atoms with van der Waals surface area (Å²) in [5.74, 6) is 1.75. The van der Waals surface area contributed by atoms with Crippen LogP contribution in [0.1, 0.15) is 25.1 Å². The van der Waals surface area contributed by atoms with Crippen molar-refractivity contribution in [1.82, 2.24) is 14.5 Å². The average molecular weight is 399 g/mol. The Morgan fingerprint density at radius 3 is 2.64 bits per heavy atom. The van der Waals surface area contributed by atoms with Crippen molar-refractivity contribution in [1.29, 1.82) is 0 Å². The second-order valence-electron chi connectivity index (χ2n) is 6.38. The zero-order chi connectivity index (χ0) is 20.1. The summed E-state index contributed by atoms with van der Waals surface area (Å²) in [4.78, 5) is 11.2. The third-order valence-electron chi connectivity index (χ3n) is 4.59. The minimum Gasteiger partial charge on any atom is -0.609 e. The molecule has 6 nitrogen and oxygen atoms in total. The van der Waals surface area contributed by atoms with E-state index in [9.17, 15) is 4.55 Å². The van der Waals surface area contributed by atoms with Crippen LogP contribution in [0.25, 0.3) is 5.82 Å². The lowest BCUT2D eigenvalue weighted by Gasteiger charge is -2.24. The van der Waals surface area contributed by atoms with Crippen molar-refractivity contribution in [2.45, 2.75) is 31.7 Å². The molecule has 0 saturated heterocycles. The molecular formula is C21H26N4O2S. The minimum absolute atomic E-state index is 0.395. The molecule has 3 aromatic rings. The number of methoxy groups -OCH3 is 1. The molecule has 1 unspecified atom stereocenters. The summed E-state index contributed by atoms with van der Waals surface area (Å²) in [6.07, 6.45) is 3.44. The highest BCUT2D eigenvalue weighted by Gasteiger charge is 2.23. The summed E-state index contributed by atoms with van der Waals surface area (Å²) in [6.45, 7) is 7.96. The molecule has 148 valence electrons. The molecule has 28 heavy (non-hydrogen) atoms. The SMILES string of the molecule is CCN(CC)c1ccccc1C[S+]([O-])c1nccn1-c1cc(OC)cc(C)n1. The third kappa shape index (κ3) is 4.31. The number of para-hydroxylation sites is 1. The first kappa shape index (κ1) is 20.2. The average Bonchev–Trinajstić information content (AvgIpc) is 3.19. The van der Waals surface area contributed by atoms with E-state index >= 15 is 0 Å². The largest absolute Gasteiger partial charge is 0.609 e. The van der Waals surface area contributed by atoms with Gasteiger partial charge in [-0.2, -0.15) is 4.98 Å². The van der Waals surface area contributed by atoms with E-state index in [-0.39, 0.29) is 0 Å². The standard InChI is InChI=1S/C21H26N4O2S/c1-5-24(6-2)19-10-8-7-9-17(19)15-28(26)21-22-11-12-25(21)20-14-18(27-4)13-16(3)23-20/h7-14H,5-6,15H2,1-4H3. The first-order valence-corrected chi connectivity index (χ1v) is 10.7. The van der Waals surface area contributed by atoms with Gasteiger partial charge in [-0.05, 0) is 26.8 Å². The topological polar surface area (TPSA) is 66.2 Å². The van der Waals surface area contributed by atoms with Crippen LogP contribution in [-0.2, 0) is 16.9 Å². The van der Waals surface area contributed by atoms with Crippen molar-refractivity contribution in [2.75, 3.05) is 25.1 Å². The Labute approximate surface area is 169 Å². The Bertz CT molecular complexity index is 924. The van der Waals surface area contributed by atoms with Gasteiger partial charge >= 0.3 is 5.16 Å². The number of hydrogen-bond donors (Lipinski definition) is 0. The normalized spacial score (nSPS) is 12.0. The summed E-state index contributed by atoms with van der Waals surface area (Å²) < 4.78 is 20.3. The predicted octanol–water partition coefficient (Wildman–Crippen LogP) is 3.74.